The summed E-state index contributed by atoms with van der Waals surface area (Å²) in [5.41, 5.74) is 4.53. The first-order valence-corrected chi connectivity index (χ1v) is 7.61. The summed E-state index contributed by atoms with van der Waals surface area (Å²) in [6, 6.07) is 3.89. The van der Waals surface area contributed by atoms with Crippen molar-refractivity contribution in [3.8, 4) is 0 Å². The lowest BCUT2D eigenvalue weighted by atomic mass is 10.1. The van der Waals surface area contributed by atoms with E-state index in [0.29, 0.717) is 0 Å². The van der Waals surface area contributed by atoms with Crippen LogP contribution in [0.25, 0.3) is 0 Å². The molecule has 0 radical (unpaired) electrons. The van der Waals surface area contributed by atoms with Crippen molar-refractivity contribution < 1.29 is 17.9 Å². The molecule has 0 fully saturated rings. The number of halogens is 1. The minimum Gasteiger partial charge on any atom is -0.465 e. The monoisotopic (exact) mass is 320 g/mol. The molecule has 0 saturated carbocycles. The van der Waals surface area contributed by atoms with Gasteiger partial charge in [-0.25, -0.2) is 17.9 Å². The van der Waals surface area contributed by atoms with E-state index in [9.17, 15) is 13.2 Å². The lowest BCUT2D eigenvalue weighted by Crippen LogP contribution is -2.48. The molecule has 0 saturated heterocycles. The van der Waals surface area contributed by atoms with Crippen LogP contribution >= 0.6 is 11.6 Å². The molecule has 0 heterocycles. The first-order chi connectivity index (χ1) is 9.13. The van der Waals surface area contributed by atoms with Gasteiger partial charge in [-0.05, 0) is 32.0 Å². The van der Waals surface area contributed by atoms with Gasteiger partial charge in [0, 0.05) is 17.1 Å². The molecule has 0 bridgehead atoms. The highest BCUT2D eigenvalue weighted by Gasteiger charge is 2.29. The van der Waals surface area contributed by atoms with Gasteiger partial charge in [-0.15, -0.1) is 0 Å². The lowest BCUT2D eigenvalue weighted by molar-refractivity contribution is 0.0596. The van der Waals surface area contributed by atoms with Crippen LogP contribution < -0.4 is 10.5 Å². The third kappa shape index (κ3) is 3.92. The van der Waals surface area contributed by atoms with Crippen molar-refractivity contribution in [1.29, 1.82) is 0 Å². The fourth-order valence-electron chi connectivity index (χ4n) is 1.47. The number of benzene rings is 1. The molecule has 0 aromatic heterocycles. The van der Waals surface area contributed by atoms with E-state index in [2.05, 4.69) is 9.46 Å². The van der Waals surface area contributed by atoms with Crippen molar-refractivity contribution in [3.05, 3.63) is 28.8 Å². The van der Waals surface area contributed by atoms with Gasteiger partial charge in [0.1, 0.15) is 0 Å². The minimum absolute atomic E-state index is 0.105. The van der Waals surface area contributed by atoms with Gasteiger partial charge < -0.3 is 10.5 Å². The Bertz CT molecular complexity index is 614. The van der Waals surface area contributed by atoms with Crippen LogP contribution in [0.15, 0.2) is 23.1 Å². The van der Waals surface area contributed by atoms with E-state index < -0.39 is 21.5 Å². The Morgan fingerprint density at radius 2 is 2.05 bits per heavy atom. The Labute approximate surface area is 123 Å². The Morgan fingerprint density at radius 1 is 1.45 bits per heavy atom. The van der Waals surface area contributed by atoms with E-state index in [1.807, 2.05) is 0 Å². The van der Waals surface area contributed by atoms with E-state index >= 15 is 0 Å². The molecule has 8 heteroatoms. The van der Waals surface area contributed by atoms with Gasteiger partial charge in [0.2, 0.25) is 10.0 Å². The van der Waals surface area contributed by atoms with Gasteiger partial charge >= 0.3 is 5.97 Å². The number of hydrogen-bond donors (Lipinski definition) is 2. The molecular formula is C12H17ClN2O4S. The number of esters is 1. The lowest BCUT2D eigenvalue weighted by Gasteiger charge is -2.24. The maximum absolute atomic E-state index is 12.3. The summed E-state index contributed by atoms with van der Waals surface area (Å²) < 4.78 is 31.7. The number of carbonyl (C=O) groups excluding carboxylic acids is 1. The Kier molecular flexibility index (Phi) is 5.15. The second-order valence-corrected chi connectivity index (χ2v) is 6.91. The molecule has 1 aromatic rings. The van der Waals surface area contributed by atoms with Crippen LogP contribution in [0.2, 0.25) is 5.02 Å². The standard InChI is InChI=1S/C12H17ClN2O4S/c1-12(2,7-14)15-20(17,18)10-5-4-8(13)6-9(10)11(16)19-3/h4-6,15H,7,14H2,1-3H3. The number of hydrogen-bond acceptors (Lipinski definition) is 5. The van der Waals surface area contributed by atoms with Crippen LogP contribution in [0.4, 0.5) is 0 Å². The van der Waals surface area contributed by atoms with Crippen molar-refractivity contribution in [2.24, 2.45) is 5.73 Å². The quantitative estimate of drug-likeness (QED) is 0.793. The molecule has 20 heavy (non-hydrogen) atoms. The highest BCUT2D eigenvalue weighted by Crippen LogP contribution is 2.22. The van der Waals surface area contributed by atoms with Crippen molar-refractivity contribution in [1.82, 2.24) is 4.72 Å². The highest BCUT2D eigenvalue weighted by molar-refractivity contribution is 7.89. The third-order valence-corrected chi connectivity index (χ3v) is 4.55. The van der Waals surface area contributed by atoms with Crippen LogP contribution in [0.3, 0.4) is 0 Å². The molecule has 0 atom stereocenters. The number of sulfonamides is 1. The van der Waals surface area contributed by atoms with Crippen LogP contribution in [0.1, 0.15) is 24.2 Å². The summed E-state index contributed by atoms with van der Waals surface area (Å²) >= 11 is 5.79. The van der Waals surface area contributed by atoms with Crippen LogP contribution in [-0.2, 0) is 14.8 Å². The molecule has 1 rings (SSSR count). The summed E-state index contributed by atoms with van der Waals surface area (Å²) in [6.07, 6.45) is 0. The summed E-state index contributed by atoms with van der Waals surface area (Å²) in [6.45, 7) is 3.38. The van der Waals surface area contributed by atoms with Gasteiger partial charge in [-0.2, -0.15) is 0 Å². The zero-order chi connectivity index (χ0) is 15.6. The number of nitrogens with two attached hydrogens (primary N) is 1. The van der Waals surface area contributed by atoms with Crippen LogP contribution in [0.5, 0.6) is 0 Å². The maximum Gasteiger partial charge on any atom is 0.339 e. The summed E-state index contributed by atoms with van der Waals surface area (Å²) in [7, 11) is -2.76. The molecule has 0 amide bonds. The van der Waals surface area contributed by atoms with Crippen molar-refractivity contribution in [3.63, 3.8) is 0 Å². The van der Waals surface area contributed by atoms with E-state index in [4.69, 9.17) is 17.3 Å². The smallest absolute Gasteiger partial charge is 0.339 e. The first kappa shape index (κ1) is 16.9. The third-order valence-electron chi connectivity index (χ3n) is 2.56. The molecule has 0 aliphatic carbocycles. The highest BCUT2D eigenvalue weighted by atomic mass is 35.5. The summed E-state index contributed by atoms with van der Waals surface area (Å²) in [5, 5.41) is 0.238. The zero-order valence-corrected chi connectivity index (χ0v) is 13.0. The predicted octanol–water partition coefficient (Wildman–Crippen LogP) is 1.14. The molecule has 3 N–H and O–H groups in total. The first-order valence-electron chi connectivity index (χ1n) is 5.75. The van der Waals surface area contributed by atoms with Crippen molar-refractivity contribution in [2.45, 2.75) is 24.3 Å². The van der Waals surface area contributed by atoms with Crippen molar-refractivity contribution in [2.75, 3.05) is 13.7 Å². The molecule has 0 aliphatic rings. The summed E-state index contributed by atoms with van der Waals surface area (Å²) in [4.78, 5) is 11.5. The topological polar surface area (TPSA) is 98.5 Å². The largest absolute Gasteiger partial charge is 0.465 e. The van der Waals surface area contributed by atoms with Gasteiger partial charge in [0.25, 0.3) is 0 Å². The predicted molar refractivity (Wildman–Crippen MR) is 76.2 cm³/mol. The van der Waals surface area contributed by atoms with Gasteiger partial charge in [-0.1, -0.05) is 11.6 Å². The molecule has 0 spiro atoms. The van der Waals surface area contributed by atoms with E-state index in [-0.39, 0.29) is 22.0 Å². The second-order valence-electron chi connectivity index (χ2n) is 4.83. The normalized spacial score (nSPS) is 12.2. The van der Waals surface area contributed by atoms with E-state index in [1.165, 1.54) is 18.2 Å². The van der Waals surface area contributed by atoms with Gasteiger partial charge in [-0.3, -0.25) is 0 Å². The molecule has 112 valence electrons. The average Bonchev–Trinajstić information content (AvgIpc) is 2.36. The van der Waals surface area contributed by atoms with Gasteiger partial charge in [0.15, 0.2) is 0 Å². The average molecular weight is 321 g/mol. The fraction of sp³-hybridized carbons (Fsp3) is 0.417. The van der Waals surface area contributed by atoms with Crippen LogP contribution in [-0.4, -0.2) is 33.6 Å². The Balaban J connectivity index is 3.35. The molecule has 0 aliphatic heterocycles. The fourth-order valence-corrected chi connectivity index (χ4v) is 3.24. The minimum atomic E-state index is -3.92. The van der Waals surface area contributed by atoms with Gasteiger partial charge in [0.05, 0.1) is 17.6 Å². The maximum atomic E-state index is 12.3. The molecule has 1 aromatic carbocycles. The molecular weight excluding hydrogens is 304 g/mol. The number of ether oxygens (including phenoxy) is 1. The number of nitrogens with one attached hydrogen (secondary N) is 1. The van der Waals surface area contributed by atoms with E-state index in [0.717, 1.165) is 7.11 Å². The van der Waals surface area contributed by atoms with E-state index in [1.54, 1.807) is 13.8 Å². The SMILES string of the molecule is COC(=O)c1cc(Cl)ccc1S(=O)(=O)NC(C)(C)CN. The Morgan fingerprint density at radius 3 is 2.55 bits per heavy atom. The zero-order valence-electron chi connectivity index (χ0n) is 11.4. The number of methoxy groups -OCH3 is 1. The molecule has 0 unspecified atom stereocenters. The number of rotatable bonds is 5. The number of carbonyl (C=O) groups is 1. The molecule has 6 nitrogen and oxygen atoms in total. The second kappa shape index (κ2) is 6.09. The Hall–Kier alpha value is -1.15. The van der Waals surface area contributed by atoms with Crippen LogP contribution in [0, 0.1) is 0 Å². The summed E-state index contributed by atoms with van der Waals surface area (Å²) in [5.74, 6) is -0.779. The van der Waals surface area contributed by atoms with Crippen molar-refractivity contribution >= 4 is 27.6 Å².